The minimum absolute atomic E-state index is 0.0317. The molecule has 94 valence electrons. The van der Waals surface area contributed by atoms with Gasteiger partial charge in [0.2, 0.25) is 0 Å². The number of aryl methyl sites for hydroxylation is 1. The fourth-order valence-electron chi connectivity index (χ4n) is 1.52. The van der Waals surface area contributed by atoms with Crippen LogP contribution in [0.4, 0.5) is 5.82 Å². The average Bonchev–Trinajstić information content (AvgIpc) is 2.84. The van der Waals surface area contributed by atoms with E-state index < -0.39 is 5.97 Å². The standard InChI is InChI=1S/C12H14N4O2/c1-2-16-8-9(7-14-16)6-13-11-5-3-4-10(15-11)12(17)18/h3-5,7-8H,2,6H2,1H3,(H,13,15)(H,17,18). The first-order chi connectivity index (χ1) is 8.69. The van der Waals surface area contributed by atoms with Crippen LogP contribution in [0.5, 0.6) is 0 Å². The van der Waals surface area contributed by atoms with Crippen LogP contribution in [0.3, 0.4) is 0 Å². The number of aromatic nitrogens is 3. The van der Waals surface area contributed by atoms with Crippen LogP contribution in [-0.4, -0.2) is 25.8 Å². The summed E-state index contributed by atoms with van der Waals surface area (Å²) in [6.07, 6.45) is 3.71. The second kappa shape index (κ2) is 5.31. The molecule has 0 aliphatic carbocycles. The molecule has 18 heavy (non-hydrogen) atoms. The van der Waals surface area contributed by atoms with Crippen molar-refractivity contribution in [1.82, 2.24) is 14.8 Å². The van der Waals surface area contributed by atoms with E-state index in [-0.39, 0.29) is 5.69 Å². The molecule has 2 aromatic heterocycles. The maximum Gasteiger partial charge on any atom is 0.354 e. The number of nitrogens with one attached hydrogen (secondary N) is 1. The maximum atomic E-state index is 10.8. The average molecular weight is 246 g/mol. The third-order valence-electron chi connectivity index (χ3n) is 2.45. The van der Waals surface area contributed by atoms with Crippen molar-refractivity contribution >= 4 is 11.8 Å². The molecule has 0 fully saturated rings. The second-order valence-electron chi connectivity index (χ2n) is 3.77. The Bertz CT molecular complexity index is 551. The number of carboxylic acid groups (broad SMARTS) is 1. The summed E-state index contributed by atoms with van der Waals surface area (Å²) >= 11 is 0. The van der Waals surface area contributed by atoms with E-state index in [0.717, 1.165) is 12.1 Å². The summed E-state index contributed by atoms with van der Waals surface area (Å²) in [5.74, 6) is -0.489. The van der Waals surface area contributed by atoms with Crippen molar-refractivity contribution in [2.75, 3.05) is 5.32 Å². The predicted molar refractivity (Wildman–Crippen MR) is 66.4 cm³/mol. The molecule has 2 rings (SSSR count). The highest BCUT2D eigenvalue weighted by molar-refractivity contribution is 5.85. The topological polar surface area (TPSA) is 80.0 Å². The Balaban J connectivity index is 2.01. The number of rotatable bonds is 5. The number of carbonyl (C=O) groups is 1. The smallest absolute Gasteiger partial charge is 0.354 e. The van der Waals surface area contributed by atoms with Crippen molar-refractivity contribution < 1.29 is 9.90 Å². The molecule has 0 bridgehead atoms. The lowest BCUT2D eigenvalue weighted by Gasteiger charge is -2.04. The van der Waals surface area contributed by atoms with Crippen LogP contribution < -0.4 is 5.32 Å². The number of anilines is 1. The van der Waals surface area contributed by atoms with Gasteiger partial charge in [0.05, 0.1) is 6.20 Å². The van der Waals surface area contributed by atoms with Gasteiger partial charge in [0.1, 0.15) is 5.82 Å². The van der Waals surface area contributed by atoms with Crippen molar-refractivity contribution in [3.63, 3.8) is 0 Å². The summed E-state index contributed by atoms with van der Waals surface area (Å²) in [5.41, 5.74) is 1.06. The van der Waals surface area contributed by atoms with Crippen molar-refractivity contribution in [3.8, 4) is 0 Å². The number of pyridine rings is 1. The Labute approximate surface area is 104 Å². The van der Waals surface area contributed by atoms with Crippen molar-refractivity contribution in [2.45, 2.75) is 20.0 Å². The molecule has 0 unspecified atom stereocenters. The number of carboxylic acids is 1. The summed E-state index contributed by atoms with van der Waals surface area (Å²) in [4.78, 5) is 14.7. The largest absolute Gasteiger partial charge is 0.477 e. The molecular formula is C12H14N4O2. The third kappa shape index (κ3) is 2.85. The highest BCUT2D eigenvalue weighted by Gasteiger charge is 2.05. The zero-order chi connectivity index (χ0) is 13.0. The highest BCUT2D eigenvalue weighted by atomic mass is 16.4. The van der Waals surface area contributed by atoms with Gasteiger partial charge in [-0.25, -0.2) is 9.78 Å². The molecule has 0 radical (unpaired) electrons. The molecule has 0 aromatic carbocycles. The molecule has 0 aliphatic heterocycles. The van der Waals surface area contributed by atoms with E-state index in [9.17, 15) is 4.79 Å². The summed E-state index contributed by atoms with van der Waals surface area (Å²) in [6, 6.07) is 4.85. The summed E-state index contributed by atoms with van der Waals surface area (Å²) < 4.78 is 1.83. The van der Waals surface area contributed by atoms with Crippen LogP contribution in [0.25, 0.3) is 0 Å². The molecule has 0 spiro atoms. The molecule has 6 nitrogen and oxygen atoms in total. The van der Waals surface area contributed by atoms with Crippen molar-refractivity contribution in [1.29, 1.82) is 0 Å². The Hall–Kier alpha value is -2.37. The normalized spacial score (nSPS) is 10.3. The minimum atomic E-state index is -1.03. The van der Waals surface area contributed by atoms with E-state index in [0.29, 0.717) is 12.4 Å². The van der Waals surface area contributed by atoms with Gasteiger partial charge in [0.25, 0.3) is 0 Å². The van der Waals surface area contributed by atoms with Gasteiger partial charge in [-0.3, -0.25) is 4.68 Å². The number of aromatic carboxylic acids is 1. The van der Waals surface area contributed by atoms with Gasteiger partial charge in [-0.15, -0.1) is 0 Å². The molecular weight excluding hydrogens is 232 g/mol. The molecule has 0 saturated carbocycles. The van der Waals surface area contributed by atoms with Crippen LogP contribution in [0.15, 0.2) is 30.6 Å². The van der Waals surface area contributed by atoms with Crippen molar-refractivity contribution in [3.05, 3.63) is 41.9 Å². The van der Waals surface area contributed by atoms with Crippen LogP contribution in [0.2, 0.25) is 0 Å². The lowest BCUT2D eigenvalue weighted by atomic mass is 10.3. The SMILES string of the molecule is CCn1cc(CNc2cccc(C(=O)O)n2)cn1. The molecule has 6 heteroatoms. The summed E-state index contributed by atoms with van der Waals surface area (Å²) in [5, 5.41) is 16.0. The number of nitrogens with zero attached hydrogens (tertiary/aromatic N) is 3. The second-order valence-corrected chi connectivity index (χ2v) is 3.77. The van der Waals surface area contributed by atoms with Gasteiger partial charge in [-0.1, -0.05) is 6.07 Å². The molecule has 0 amide bonds. The van der Waals surface area contributed by atoms with E-state index in [1.165, 1.54) is 6.07 Å². The lowest BCUT2D eigenvalue weighted by Crippen LogP contribution is -2.05. The molecule has 2 N–H and O–H groups in total. The van der Waals surface area contributed by atoms with Crippen LogP contribution in [0.1, 0.15) is 23.0 Å². The van der Waals surface area contributed by atoms with Crippen molar-refractivity contribution in [2.24, 2.45) is 0 Å². The molecule has 0 atom stereocenters. The first-order valence-electron chi connectivity index (χ1n) is 5.64. The molecule has 2 heterocycles. The Morgan fingerprint density at radius 2 is 2.33 bits per heavy atom. The van der Waals surface area contributed by atoms with Crippen LogP contribution in [0, 0.1) is 0 Å². The Kier molecular flexibility index (Phi) is 3.57. The van der Waals surface area contributed by atoms with Gasteiger partial charge >= 0.3 is 5.97 Å². The lowest BCUT2D eigenvalue weighted by molar-refractivity contribution is 0.0690. The van der Waals surface area contributed by atoms with Gasteiger partial charge < -0.3 is 10.4 Å². The van der Waals surface area contributed by atoms with E-state index in [1.807, 2.05) is 17.8 Å². The molecule has 2 aromatic rings. The molecule has 0 aliphatic rings. The highest BCUT2D eigenvalue weighted by Crippen LogP contribution is 2.07. The zero-order valence-corrected chi connectivity index (χ0v) is 10.00. The number of hydrogen-bond acceptors (Lipinski definition) is 4. The van der Waals surface area contributed by atoms with E-state index >= 15 is 0 Å². The van der Waals surface area contributed by atoms with Crippen LogP contribution >= 0.6 is 0 Å². The quantitative estimate of drug-likeness (QED) is 0.837. The van der Waals surface area contributed by atoms with Gasteiger partial charge in [0, 0.05) is 24.8 Å². The number of hydrogen-bond donors (Lipinski definition) is 2. The van der Waals surface area contributed by atoms with Crippen LogP contribution in [-0.2, 0) is 13.1 Å². The summed E-state index contributed by atoms with van der Waals surface area (Å²) in [6.45, 7) is 3.41. The Morgan fingerprint density at radius 1 is 1.50 bits per heavy atom. The molecule has 0 saturated heterocycles. The van der Waals surface area contributed by atoms with E-state index in [4.69, 9.17) is 5.11 Å². The summed E-state index contributed by atoms with van der Waals surface area (Å²) in [7, 11) is 0. The van der Waals surface area contributed by atoms with E-state index in [1.54, 1.807) is 18.3 Å². The fraction of sp³-hybridized carbons (Fsp3) is 0.250. The monoisotopic (exact) mass is 246 g/mol. The van der Waals surface area contributed by atoms with E-state index in [2.05, 4.69) is 15.4 Å². The Morgan fingerprint density at radius 3 is 3.00 bits per heavy atom. The minimum Gasteiger partial charge on any atom is -0.477 e. The third-order valence-corrected chi connectivity index (χ3v) is 2.45. The van der Waals surface area contributed by atoms with Gasteiger partial charge in [0.15, 0.2) is 5.69 Å². The predicted octanol–water partition coefficient (Wildman–Crippen LogP) is 1.61. The van der Waals surface area contributed by atoms with Gasteiger partial charge in [-0.05, 0) is 19.1 Å². The van der Waals surface area contributed by atoms with Gasteiger partial charge in [-0.2, -0.15) is 5.10 Å². The fourth-order valence-corrected chi connectivity index (χ4v) is 1.52. The zero-order valence-electron chi connectivity index (χ0n) is 10.00. The first kappa shape index (κ1) is 12.1. The first-order valence-corrected chi connectivity index (χ1v) is 5.64. The maximum absolute atomic E-state index is 10.8.